The maximum Gasteiger partial charge on any atom is 0.262 e. The third kappa shape index (κ3) is 5.19. The smallest absolute Gasteiger partial charge is 0.262 e. The van der Waals surface area contributed by atoms with Crippen molar-refractivity contribution in [1.82, 2.24) is 15.3 Å². The number of amides is 1. The molecule has 166 valence electrons. The summed E-state index contributed by atoms with van der Waals surface area (Å²) in [6, 6.07) is 9.19. The number of carbonyl (C=O) groups is 1. The van der Waals surface area contributed by atoms with E-state index in [1.54, 1.807) is 38.7 Å². The average Bonchev–Trinajstić information content (AvgIpc) is 3.22. The van der Waals surface area contributed by atoms with Gasteiger partial charge in [0.05, 0.1) is 26.5 Å². The number of aromatic nitrogens is 2. The summed E-state index contributed by atoms with van der Waals surface area (Å²) in [4.78, 5) is 20.0. The molecule has 1 amide bonds. The van der Waals surface area contributed by atoms with Crippen molar-refractivity contribution in [2.45, 2.75) is 32.9 Å². The number of pyridine rings is 1. The van der Waals surface area contributed by atoms with Crippen molar-refractivity contribution in [3.8, 4) is 23.3 Å². The molecular formula is C24H26N4O4. The van der Waals surface area contributed by atoms with Crippen LogP contribution in [0.4, 0.5) is 0 Å². The second-order valence-electron chi connectivity index (χ2n) is 7.19. The van der Waals surface area contributed by atoms with E-state index in [-0.39, 0.29) is 18.2 Å². The molecule has 0 fully saturated rings. The Bertz CT molecular complexity index is 1180. The van der Waals surface area contributed by atoms with Crippen LogP contribution in [-0.4, -0.2) is 36.2 Å². The largest absolute Gasteiger partial charge is 0.493 e. The van der Waals surface area contributed by atoms with Crippen molar-refractivity contribution >= 4 is 23.0 Å². The molecule has 0 aliphatic carbocycles. The van der Waals surface area contributed by atoms with E-state index in [1.165, 1.54) is 6.08 Å². The number of hydrogen-bond acceptors (Lipinski definition) is 6. The molecule has 8 heteroatoms. The monoisotopic (exact) mass is 434 g/mol. The van der Waals surface area contributed by atoms with Crippen molar-refractivity contribution in [3.63, 3.8) is 0 Å². The number of nitriles is 1. The Labute approximate surface area is 186 Å². The first kappa shape index (κ1) is 22.7. The predicted molar refractivity (Wildman–Crippen MR) is 121 cm³/mol. The predicted octanol–water partition coefficient (Wildman–Crippen LogP) is 3.98. The number of nitrogens with one attached hydrogen (secondary N) is 2. The summed E-state index contributed by atoms with van der Waals surface area (Å²) in [5, 5.41) is 13.1. The number of aromatic amines is 1. The minimum absolute atomic E-state index is 0.0142. The number of rotatable bonds is 9. The average molecular weight is 434 g/mol. The van der Waals surface area contributed by atoms with Gasteiger partial charge in [0.2, 0.25) is 0 Å². The fourth-order valence-electron chi connectivity index (χ4n) is 3.08. The maximum absolute atomic E-state index is 12.6. The fraction of sp³-hybridized carbons (Fsp3) is 0.292. The summed E-state index contributed by atoms with van der Waals surface area (Å²) in [6.45, 7) is 4.26. The third-order valence-corrected chi connectivity index (χ3v) is 5.02. The molecule has 32 heavy (non-hydrogen) atoms. The van der Waals surface area contributed by atoms with E-state index in [0.717, 1.165) is 17.4 Å². The van der Waals surface area contributed by atoms with Crippen LogP contribution in [0, 0.1) is 11.3 Å². The third-order valence-electron chi connectivity index (χ3n) is 5.02. The van der Waals surface area contributed by atoms with Crippen LogP contribution in [-0.2, 0) is 11.3 Å². The molecule has 0 saturated heterocycles. The summed E-state index contributed by atoms with van der Waals surface area (Å²) in [7, 11) is 3.11. The minimum Gasteiger partial charge on any atom is -0.493 e. The summed E-state index contributed by atoms with van der Waals surface area (Å²) in [6.07, 6.45) is 5.83. The minimum atomic E-state index is -0.475. The molecule has 1 unspecified atom stereocenters. The van der Waals surface area contributed by atoms with E-state index in [9.17, 15) is 10.1 Å². The van der Waals surface area contributed by atoms with Gasteiger partial charge in [-0.15, -0.1) is 0 Å². The summed E-state index contributed by atoms with van der Waals surface area (Å²) >= 11 is 0. The van der Waals surface area contributed by atoms with Gasteiger partial charge in [-0.25, -0.2) is 4.98 Å². The Morgan fingerprint density at radius 2 is 2.06 bits per heavy atom. The lowest BCUT2D eigenvalue weighted by Gasteiger charge is -2.12. The number of benzene rings is 1. The van der Waals surface area contributed by atoms with Gasteiger partial charge in [-0.05, 0) is 43.2 Å². The van der Waals surface area contributed by atoms with Gasteiger partial charge in [-0.2, -0.15) is 5.26 Å². The first-order valence-electron chi connectivity index (χ1n) is 10.2. The van der Waals surface area contributed by atoms with Gasteiger partial charge in [0.15, 0.2) is 11.5 Å². The summed E-state index contributed by atoms with van der Waals surface area (Å²) in [5.74, 6) is 1.33. The zero-order valence-electron chi connectivity index (χ0n) is 18.6. The molecule has 1 atom stereocenters. The molecule has 1 aromatic carbocycles. The lowest BCUT2D eigenvalue weighted by Crippen LogP contribution is -2.24. The van der Waals surface area contributed by atoms with E-state index in [1.807, 2.05) is 32.0 Å². The quantitative estimate of drug-likeness (QED) is 0.389. The molecule has 0 bridgehead atoms. The second-order valence-corrected chi connectivity index (χ2v) is 7.19. The van der Waals surface area contributed by atoms with Crippen molar-refractivity contribution in [3.05, 3.63) is 53.4 Å². The first-order chi connectivity index (χ1) is 15.5. The molecule has 3 aromatic rings. The van der Waals surface area contributed by atoms with E-state index in [0.29, 0.717) is 28.5 Å². The molecular weight excluding hydrogens is 408 g/mol. The van der Waals surface area contributed by atoms with Gasteiger partial charge >= 0.3 is 0 Å². The van der Waals surface area contributed by atoms with Crippen LogP contribution in [0.15, 0.2) is 42.2 Å². The Kier molecular flexibility index (Phi) is 7.34. The number of carbonyl (C=O) groups excluding carboxylic acids is 1. The normalized spacial score (nSPS) is 12.2. The number of fused-ring (bicyclic) bond motifs is 1. The number of methoxy groups -OCH3 is 2. The highest BCUT2D eigenvalue weighted by atomic mass is 16.5. The molecule has 2 aromatic heterocycles. The fourth-order valence-corrected chi connectivity index (χ4v) is 3.08. The number of ether oxygens (including phenoxy) is 3. The summed E-state index contributed by atoms with van der Waals surface area (Å²) in [5.41, 5.74) is 2.13. The van der Waals surface area contributed by atoms with E-state index in [2.05, 4.69) is 15.3 Å². The van der Waals surface area contributed by atoms with Crippen LogP contribution in [0.25, 0.3) is 17.1 Å². The van der Waals surface area contributed by atoms with E-state index in [4.69, 9.17) is 14.2 Å². The zero-order valence-corrected chi connectivity index (χ0v) is 18.6. The van der Waals surface area contributed by atoms with Gasteiger partial charge in [-0.1, -0.05) is 13.0 Å². The van der Waals surface area contributed by atoms with Crippen molar-refractivity contribution in [2.24, 2.45) is 0 Å². The van der Waals surface area contributed by atoms with Gasteiger partial charge in [0.25, 0.3) is 5.91 Å². The molecule has 0 spiro atoms. The Hall–Kier alpha value is -3.99. The summed E-state index contributed by atoms with van der Waals surface area (Å²) < 4.78 is 16.3. The molecule has 2 N–H and O–H groups in total. The SMILES string of the molecule is CCC(C)Oc1cnc2[nH]cc(/C=C(\C#N)C(=O)NCc3ccc(OC)c(OC)c3)c2c1. The standard InChI is InChI=1S/C24H26N4O4/c1-5-15(2)32-19-10-20-18(13-26-23(20)27-14-19)9-17(11-25)24(29)28-12-16-6-7-21(30-3)22(8-16)31-4/h6-10,13-15H,5,12H2,1-4H3,(H,26,27)(H,28,29)/b17-9+. The van der Waals surface area contributed by atoms with Crippen LogP contribution < -0.4 is 19.5 Å². The van der Waals surface area contributed by atoms with Crippen LogP contribution >= 0.6 is 0 Å². The van der Waals surface area contributed by atoms with Crippen LogP contribution in [0.3, 0.4) is 0 Å². The van der Waals surface area contributed by atoms with E-state index >= 15 is 0 Å². The van der Waals surface area contributed by atoms with Crippen molar-refractivity contribution < 1.29 is 19.0 Å². The van der Waals surface area contributed by atoms with Crippen molar-refractivity contribution in [1.29, 1.82) is 5.26 Å². The van der Waals surface area contributed by atoms with Gasteiger partial charge in [-0.3, -0.25) is 4.79 Å². The van der Waals surface area contributed by atoms with Crippen LogP contribution in [0.2, 0.25) is 0 Å². The highest BCUT2D eigenvalue weighted by Gasteiger charge is 2.13. The van der Waals surface area contributed by atoms with Gasteiger partial charge in [0, 0.05) is 23.7 Å². The number of hydrogen-bond donors (Lipinski definition) is 2. The maximum atomic E-state index is 12.6. The molecule has 2 heterocycles. The molecule has 0 aliphatic rings. The Balaban J connectivity index is 1.78. The lowest BCUT2D eigenvalue weighted by molar-refractivity contribution is -0.117. The molecule has 0 aliphatic heterocycles. The van der Waals surface area contributed by atoms with Gasteiger partial charge in [0.1, 0.15) is 23.0 Å². The molecule has 0 saturated carbocycles. The second kappa shape index (κ2) is 10.4. The Morgan fingerprint density at radius 1 is 1.28 bits per heavy atom. The molecule has 0 radical (unpaired) electrons. The molecule has 8 nitrogen and oxygen atoms in total. The first-order valence-corrected chi connectivity index (χ1v) is 10.2. The topological polar surface area (TPSA) is 109 Å². The van der Waals surface area contributed by atoms with Gasteiger partial charge < -0.3 is 24.5 Å². The van der Waals surface area contributed by atoms with Crippen LogP contribution in [0.1, 0.15) is 31.4 Å². The Morgan fingerprint density at radius 3 is 2.75 bits per heavy atom. The van der Waals surface area contributed by atoms with Crippen molar-refractivity contribution in [2.75, 3.05) is 14.2 Å². The highest BCUT2D eigenvalue weighted by Crippen LogP contribution is 2.28. The molecule has 3 rings (SSSR count). The van der Waals surface area contributed by atoms with Crippen LogP contribution in [0.5, 0.6) is 17.2 Å². The highest BCUT2D eigenvalue weighted by molar-refractivity contribution is 6.03. The number of H-pyrrole nitrogens is 1. The zero-order chi connectivity index (χ0) is 23.1. The van der Waals surface area contributed by atoms with E-state index < -0.39 is 5.91 Å². The lowest BCUT2D eigenvalue weighted by atomic mass is 10.1. The number of nitrogens with zero attached hydrogens (tertiary/aromatic N) is 2.